The second-order valence-corrected chi connectivity index (χ2v) is 13.2. The van der Waals surface area contributed by atoms with E-state index in [0.717, 1.165) is 10.9 Å². The van der Waals surface area contributed by atoms with E-state index in [1.165, 1.54) is 17.3 Å². The van der Waals surface area contributed by atoms with Gasteiger partial charge in [0.2, 0.25) is 0 Å². The maximum absolute atomic E-state index is 14.6. The number of amides is 1. The summed E-state index contributed by atoms with van der Waals surface area (Å²) in [5.41, 5.74) is -1.97. The van der Waals surface area contributed by atoms with E-state index in [4.69, 9.17) is 11.6 Å². The lowest BCUT2D eigenvalue weighted by molar-refractivity contribution is -0.152. The fourth-order valence-electron chi connectivity index (χ4n) is 7.15. The minimum Gasteiger partial charge on any atom is -0.481 e. The smallest absolute Gasteiger partial charge is 0.433 e. The van der Waals surface area contributed by atoms with E-state index in [2.05, 4.69) is 23.9 Å². The number of carboxylic acid groups (broad SMARTS) is 1. The first-order valence-corrected chi connectivity index (χ1v) is 14.3. The summed E-state index contributed by atoms with van der Waals surface area (Å²) in [6, 6.07) is -1.10. The molecule has 2 aromatic rings. The molecule has 1 N–H and O–H groups in total. The first kappa shape index (κ1) is 29.5. The van der Waals surface area contributed by atoms with Crippen LogP contribution in [0.3, 0.4) is 0 Å². The molecule has 41 heavy (non-hydrogen) atoms. The van der Waals surface area contributed by atoms with Gasteiger partial charge >= 0.3 is 12.1 Å². The highest BCUT2D eigenvalue weighted by Gasteiger charge is 2.63. The van der Waals surface area contributed by atoms with Crippen LogP contribution in [0.25, 0.3) is 0 Å². The summed E-state index contributed by atoms with van der Waals surface area (Å²) in [5, 5.41) is 13.7. The van der Waals surface area contributed by atoms with Gasteiger partial charge in [0.15, 0.2) is 11.5 Å². The number of alkyl halides is 3. The van der Waals surface area contributed by atoms with Crippen molar-refractivity contribution < 1.29 is 32.7 Å². The molecule has 1 amide bonds. The van der Waals surface area contributed by atoms with E-state index in [9.17, 15) is 32.7 Å². The summed E-state index contributed by atoms with van der Waals surface area (Å²) in [6.07, 6.45) is 0.817. The Morgan fingerprint density at radius 3 is 2.24 bits per heavy atom. The number of fused-ring (bicyclic) bond motifs is 1. The zero-order chi connectivity index (χ0) is 30.1. The maximum Gasteiger partial charge on any atom is 0.433 e. The summed E-state index contributed by atoms with van der Waals surface area (Å²) < 4.78 is 44.5. The number of carboxylic acids is 1. The molecule has 0 unspecified atom stereocenters. The molecule has 222 valence electrons. The van der Waals surface area contributed by atoms with Gasteiger partial charge in [0.05, 0.1) is 34.8 Å². The predicted molar refractivity (Wildman–Crippen MR) is 144 cm³/mol. The monoisotopic (exact) mass is 594 g/mol. The third kappa shape index (κ3) is 5.15. The molecule has 0 radical (unpaired) electrons. The van der Waals surface area contributed by atoms with Gasteiger partial charge in [0.1, 0.15) is 0 Å². The van der Waals surface area contributed by atoms with E-state index in [-0.39, 0.29) is 41.7 Å². The van der Waals surface area contributed by atoms with Crippen molar-refractivity contribution in [2.75, 3.05) is 6.54 Å². The molecule has 0 bridgehead atoms. The molecule has 3 aliphatic rings. The summed E-state index contributed by atoms with van der Waals surface area (Å²) in [4.78, 5) is 44.4. The van der Waals surface area contributed by atoms with Crippen LogP contribution in [-0.4, -0.2) is 55.0 Å². The van der Waals surface area contributed by atoms with Crippen molar-refractivity contribution in [1.29, 1.82) is 0 Å². The van der Waals surface area contributed by atoms with Gasteiger partial charge in [0.25, 0.3) is 5.91 Å². The molecule has 2 aromatic heterocycles. The minimum atomic E-state index is -4.89. The van der Waals surface area contributed by atoms with Gasteiger partial charge in [-0.1, -0.05) is 25.4 Å². The fourth-order valence-corrected chi connectivity index (χ4v) is 7.46. The Bertz CT molecular complexity index is 1360. The number of aromatic nitrogens is 3. The van der Waals surface area contributed by atoms with Crippen molar-refractivity contribution in [3.8, 4) is 0 Å². The van der Waals surface area contributed by atoms with Gasteiger partial charge < -0.3 is 10.0 Å². The molecule has 0 spiro atoms. The molecule has 0 aromatic carbocycles. The number of nitrogens with zero attached hydrogens (tertiary/aromatic N) is 4. The van der Waals surface area contributed by atoms with Crippen molar-refractivity contribution in [1.82, 2.24) is 19.7 Å². The Balaban J connectivity index is 1.48. The van der Waals surface area contributed by atoms with Crippen LogP contribution in [0, 0.1) is 29.6 Å². The van der Waals surface area contributed by atoms with Gasteiger partial charge in [-0.05, 0) is 75.2 Å². The number of pyridine rings is 1. The SMILES string of the molecule is Cc1cncc(Cl)c1C(=O)CN(C(=O)c1cnn(C2CCC(C)(C(=O)O)CC2)c1C(F)(F)F)[C@H]1C[C@@H]2[C@H](C1)C2(C)C. The molecular weight excluding hydrogens is 561 g/mol. The number of carbonyl (C=O) groups is 3. The summed E-state index contributed by atoms with van der Waals surface area (Å²) >= 11 is 6.26. The maximum atomic E-state index is 14.6. The fraction of sp³-hybridized carbons (Fsp3) is 0.621. The number of hydrogen-bond donors (Lipinski definition) is 1. The van der Waals surface area contributed by atoms with Gasteiger partial charge in [-0.3, -0.25) is 24.0 Å². The number of carbonyl (C=O) groups excluding carboxylic acids is 2. The van der Waals surface area contributed by atoms with E-state index < -0.39 is 59.1 Å². The van der Waals surface area contributed by atoms with Crippen molar-refractivity contribution in [3.63, 3.8) is 0 Å². The molecule has 8 nitrogen and oxygen atoms in total. The highest BCUT2D eigenvalue weighted by molar-refractivity contribution is 6.34. The third-order valence-corrected chi connectivity index (χ3v) is 10.2. The second kappa shape index (κ2) is 10.1. The lowest BCUT2D eigenvalue weighted by Crippen LogP contribution is -2.44. The molecule has 12 heteroatoms. The van der Waals surface area contributed by atoms with Gasteiger partial charge in [-0.2, -0.15) is 18.3 Å². The lowest BCUT2D eigenvalue weighted by Gasteiger charge is -2.35. The van der Waals surface area contributed by atoms with Crippen LogP contribution in [0.4, 0.5) is 13.2 Å². The zero-order valence-corrected chi connectivity index (χ0v) is 24.2. The van der Waals surface area contributed by atoms with Crippen LogP contribution < -0.4 is 0 Å². The molecular formula is C29H34ClF3N4O4. The quantitative estimate of drug-likeness (QED) is 0.381. The number of rotatable bonds is 7. The molecule has 0 aliphatic heterocycles. The van der Waals surface area contributed by atoms with Crippen molar-refractivity contribution in [2.45, 2.75) is 84.5 Å². The molecule has 0 saturated heterocycles. The zero-order valence-electron chi connectivity index (χ0n) is 23.5. The summed E-state index contributed by atoms with van der Waals surface area (Å²) in [7, 11) is 0. The first-order valence-electron chi connectivity index (χ1n) is 13.9. The van der Waals surface area contributed by atoms with Crippen LogP contribution >= 0.6 is 11.6 Å². The first-order chi connectivity index (χ1) is 19.1. The number of hydrogen-bond acceptors (Lipinski definition) is 5. The van der Waals surface area contributed by atoms with Gasteiger partial charge in [0, 0.05) is 24.0 Å². The highest BCUT2D eigenvalue weighted by Crippen LogP contribution is 2.67. The standard InChI is InChI=1S/C29H34ClF3N4O4/c1-15-11-34-13-21(30)23(15)22(38)14-36(17-9-19-20(10-17)27(19,2)3)25(39)18-12-35-37(24(18)29(31,32)33)16-5-7-28(4,8-6-16)26(40)41/h11-13,16-17,19-20H,5-10,14H2,1-4H3,(H,40,41)/t16?,17-,19+,20-,28?. The Kier molecular flexibility index (Phi) is 7.28. The molecule has 3 fully saturated rings. The summed E-state index contributed by atoms with van der Waals surface area (Å²) in [5.74, 6) is -1.68. The van der Waals surface area contributed by atoms with Crippen molar-refractivity contribution in [2.24, 2.45) is 22.7 Å². The highest BCUT2D eigenvalue weighted by atomic mass is 35.5. The van der Waals surface area contributed by atoms with E-state index in [0.29, 0.717) is 30.2 Å². The van der Waals surface area contributed by atoms with Gasteiger partial charge in [-0.15, -0.1) is 0 Å². The number of Topliss-reactive ketones (excluding diaryl/α,β-unsaturated/α-hetero) is 1. The predicted octanol–water partition coefficient (Wildman–Crippen LogP) is 6.22. The average Bonchev–Trinajstić information content (AvgIpc) is 3.30. The number of ketones is 1. The second-order valence-electron chi connectivity index (χ2n) is 12.8. The summed E-state index contributed by atoms with van der Waals surface area (Å²) in [6.45, 7) is 7.11. The van der Waals surface area contributed by atoms with E-state index in [1.54, 1.807) is 13.8 Å². The average molecular weight is 595 g/mol. The normalized spacial score (nSPS) is 28.7. The Morgan fingerprint density at radius 2 is 1.71 bits per heavy atom. The third-order valence-electron chi connectivity index (χ3n) is 9.94. The van der Waals surface area contributed by atoms with Crippen LogP contribution in [0.2, 0.25) is 5.02 Å². The molecule has 3 aliphatic carbocycles. The van der Waals surface area contributed by atoms with Crippen LogP contribution in [0.5, 0.6) is 0 Å². The lowest BCUT2D eigenvalue weighted by atomic mass is 9.74. The van der Waals surface area contributed by atoms with E-state index >= 15 is 0 Å². The number of halogens is 4. The molecule has 3 saturated carbocycles. The Hall–Kier alpha value is -2.95. The number of aliphatic carboxylic acids is 1. The Morgan fingerprint density at radius 1 is 1.10 bits per heavy atom. The topological polar surface area (TPSA) is 105 Å². The van der Waals surface area contributed by atoms with Crippen LogP contribution in [-0.2, 0) is 11.0 Å². The molecule has 3 atom stereocenters. The Labute approximate surface area is 241 Å². The van der Waals surface area contributed by atoms with Crippen LogP contribution in [0.1, 0.15) is 97.3 Å². The number of aryl methyl sites for hydroxylation is 1. The molecule has 2 heterocycles. The minimum absolute atomic E-state index is 0.105. The van der Waals surface area contributed by atoms with Gasteiger partial charge in [-0.25, -0.2) is 0 Å². The van der Waals surface area contributed by atoms with E-state index in [1.807, 2.05) is 0 Å². The van der Waals surface area contributed by atoms with Crippen molar-refractivity contribution >= 4 is 29.3 Å². The van der Waals surface area contributed by atoms with Crippen LogP contribution in [0.15, 0.2) is 18.6 Å². The van der Waals surface area contributed by atoms with Crippen molar-refractivity contribution in [3.05, 3.63) is 46.0 Å². The largest absolute Gasteiger partial charge is 0.481 e. The molecule has 5 rings (SSSR count).